The Labute approximate surface area is 150 Å². The summed E-state index contributed by atoms with van der Waals surface area (Å²) >= 11 is 0. The first-order valence-electron chi connectivity index (χ1n) is 8.28. The number of rotatable bonds is 3. The number of piperazine rings is 1. The fourth-order valence-electron chi connectivity index (χ4n) is 2.66. The number of anilines is 1. The van der Waals surface area contributed by atoms with Crippen LogP contribution in [0.15, 0.2) is 42.7 Å². The number of urea groups is 1. The van der Waals surface area contributed by atoms with Crippen LogP contribution in [0.4, 0.5) is 14.9 Å². The molecule has 0 aliphatic carbocycles. The highest BCUT2D eigenvalue weighted by Gasteiger charge is 2.23. The fraction of sp³-hybridized carbons (Fsp3) is 0.278. The molecule has 2 heterocycles. The van der Waals surface area contributed by atoms with E-state index in [0.717, 1.165) is 5.56 Å². The van der Waals surface area contributed by atoms with Crippen molar-refractivity contribution in [3.8, 4) is 0 Å². The molecule has 0 radical (unpaired) electrons. The molecule has 2 aromatic rings. The first-order valence-corrected chi connectivity index (χ1v) is 8.28. The number of halogens is 1. The third kappa shape index (κ3) is 4.47. The number of carbonyl (C=O) groups is 2. The van der Waals surface area contributed by atoms with Crippen molar-refractivity contribution >= 4 is 23.7 Å². The van der Waals surface area contributed by atoms with Crippen molar-refractivity contribution < 1.29 is 14.0 Å². The molecular formula is C18H20FN5O2. The predicted molar refractivity (Wildman–Crippen MR) is 95.8 cm³/mol. The summed E-state index contributed by atoms with van der Waals surface area (Å²) in [4.78, 5) is 27.8. The summed E-state index contributed by atoms with van der Waals surface area (Å²) in [6.45, 7) is 1.82. The number of nitrogens with one attached hydrogen (secondary N) is 1. The lowest BCUT2D eigenvalue weighted by atomic mass is 10.2. The van der Waals surface area contributed by atoms with Crippen molar-refractivity contribution in [1.29, 1.82) is 0 Å². The van der Waals surface area contributed by atoms with Crippen LogP contribution in [-0.2, 0) is 11.8 Å². The van der Waals surface area contributed by atoms with E-state index in [0.29, 0.717) is 31.9 Å². The summed E-state index contributed by atoms with van der Waals surface area (Å²) in [7, 11) is 1.81. The van der Waals surface area contributed by atoms with Gasteiger partial charge in [0.05, 0.1) is 6.20 Å². The normalized spacial score (nSPS) is 14.7. The van der Waals surface area contributed by atoms with Gasteiger partial charge in [-0.3, -0.25) is 9.48 Å². The van der Waals surface area contributed by atoms with Gasteiger partial charge in [-0.1, -0.05) is 0 Å². The summed E-state index contributed by atoms with van der Waals surface area (Å²) in [5, 5.41) is 6.77. The molecule has 0 spiro atoms. The van der Waals surface area contributed by atoms with Gasteiger partial charge in [0.2, 0.25) is 5.91 Å². The van der Waals surface area contributed by atoms with Crippen LogP contribution in [0.3, 0.4) is 0 Å². The van der Waals surface area contributed by atoms with Crippen molar-refractivity contribution in [2.24, 2.45) is 7.05 Å². The molecule has 3 amide bonds. The van der Waals surface area contributed by atoms with E-state index in [9.17, 15) is 14.0 Å². The van der Waals surface area contributed by atoms with Gasteiger partial charge in [-0.25, -0.2) is 9.18 Å². The van der Waals surface area contributed by atoms with Crippen molar-refractivity contribution in [2.75, 3.05) is 31.5 Å². The third-order valence-corrected chi connectivity index (χ3v) is 4.12. The highest BCUT2D eigenvalue weighted by atomic mass is 19.1. The summed E-state index contributed by atoms with van der Waals surface area (Å²) in [6.07, 6.45) is 6.75. The van der Waals surface area contributed by atoms with Gasteiger partial charge in [0.15, 0.2) is 0 Å². The summed E-state index contributed by atoms with van der Waals surface area (Å²) in [6, 6.07) is 5.35. The van der Waals surface area contributed by atoms with Gasteiger partial charge in [0.1, 0.15) is 5.82 Å². The maximum atomic E-state index is 12.9. The largest absolute Gasteiger partial charge is 0.336 e. The Balaban J connectivity index is 1.48. The number of amides is 3. The molecule has 0 atom stereocenters. The van der Waals surface area contributed by atoms with Crippen molar-refractivity contribution in [3.05, 3.63) is 54.1 Å². The number of benzene rings is 1. The molecule has 0 unspecified atom stereocenters. The Hall–Kier alpha value is -3.16. The Bertz CT molecular complexity index is 807. The Morgan fingerprint density at radius 3 is 2.38 bits per heavy atom. The van der Waals surface area contributed by atoms with Crippen molar-refractivity contribution in [1.82, 2.24) is 19.6 Å². The Kier molecular flexibility index (Phi) is 5.31. The molecule has 1 aromatic heterocycles. The quantitative estimate of drug-likeness (QED) is 0.854. The molecule has 0 saturated carbocycles. The van der Waals surface area contributed by atoms with E-state index in [-0.39, 0.29) is 17.8 Å². The lowest BCUT2D eigenvalue weighted by molar-refractivity contribution is -0.127. The van der Waals surface area contributed by atoms with E-state index in [2.05, 4.69) is 10.4 Å². The smallest absolute Gasteiger partial charge is 0.321 e. The van der Waals surface area contributed by atoms with Gasteiger partial charge >= 0.3 is 6.03 Å². The zero-order valence-corrected chi connectivity index (χ0v) is 14.4. The van der Waals surface area contributed by atoms with E-state index in [4.69, 9.17) is 0 Å². The molecule has 1 aliphatic heterocycles. The summed E-state index contributed by atoms with van der Waals surface area (Å²) in [5.74, 6) is -0.443. The SMILES string of the molecule is Cn1cc(C=CC(=O)N2CCN(C(=O)Nc3ccc(F)cc3)CC2)cn1. The number of carbonyl (C=O) groups excluding carboxylic acids is 2. The zero-order chi connectivity index (χ0) is 18.5. The second-order valence-corrected chi connectivity index (χ2v) is 6.03. The Morgan fingerprint density at radius 2 is 1.77 bits per heavy atom. The maximum Gasteiger partial charge on any atom is 0.321 e. The van der Waals surface area contributed by atoms with Crippen LogP contribution in [0.25, 0.3) is 6.08 Å². The number of hydrogen-bond acceptors (Lipinski definition) is 3. The molecule has 3 rings (SSSR count). The second-order valence-electron chi connectivity index (χ2n) is 6.03. The van der Waals surface area contributed by atoms with E-state index in [1.54, 1.807) is 26.8 Å². The molecule has 1 N–H and O–H groups in total. The first-order chi connectivity index (χ1) is 12.5. The molecule has 0 bridgehead atoms. The molecule has 136 valence electrons. The number of hydrogen-bond donors (Lipinski definition) is 1. The van der Waals surface area contributed by atoms with Crippen LogP contribution in [0.1, 0.15) is 5.56 Å². The van der Waals surface area contributed by atoms with Crippen LogP contribution in [0.2, 0.25) is 0 Å². The molecule has 1 aromatic carbocycles. The van der Waals surface area contributed by atoms with Gasteiger partial charge in [0, 0.05) is 56.8 Å². The van der Waals surface area contributed by atoms with E-state index in [1.165, 1.54) is 30.3 Å². The molecule has 1 fully saturated rings. The van der Waals surface area contributed by atoms with Gasteiger partial charge in [-0.05, 0) is 30.3 Å². The van der Waals surface area contributed by atoms with Crippen LogP contribution in [0.5, 0.6) is 0 Å². The van der Waals surface area contributed by atoms with Gasteiger partial charge in [0.25, 0.3) is 0 Å². The van der Waals surface area contributed by atoms with E-state index >= 15 is 0 Å². The minimum atomic E-state index is -0.352. The number of aryl methyl sites for hydroxylation is 1. The van der Waals surface area contributed by atoms with Gasteiger partial charge < -0.3 is 15.1 Å². The monoisotopic (exact) mass is 357 g/mol. The average molecular weight is 357 g/mol. The number of nitrogens with zero attached hydrogens (tertiary/aromatic N) is 4. The van der Waals surface area contributed by atoms with Crippen LogP contribution in [-0.4, -0.2) is 57.7 Å². The molecule has 8 heteroatoms. The standard InChI is InChI=1S/C18H20FN5O2/c1-22-13-14(12-20-22)2-7-17(25)23-8-10-24(11-9-23)18(26)21-16-5-3-15(19)4-6-16/h2-7,12-13H,8-11H2,1H3,(H,21,26). The van der Waals surface area contributed by atoms with Crippen LogP contribution in [0, 0.1) is 5.82 Å². The topological polar surface area (TPSA) is 70.5 Å². The van der Waals surface area contributed by atoms with Crippen molar-refractivity contribution in [3.63, 3.8) is 0 Å². The highest BCUT2D eigenvalue weighted by Crippen LogP contribution is 2.11. The summed E-state index contributed by atoms with van der Waals surface area (Å²) in [5.41, 5.74) is 1.40. The minimum absolute atomic E-state index is 0.0903. The lowest BCUT2D eigenvalue weighted by Gasteiger charge is -2.34. The first kappa shape index (κ1) is 17.7. The summed E-state index contributed by atoms with van der Waals surface area (Å²) < 4.78 is 14.6. The molecular weight excluding hydrogens is 337 g/mol. The molecule has 7 nitrogen and oxygen atoms in total. The molecule has 26 heavy (non-hydrogen) atoms. The fourth-order valence-corrected chi connectivity index (χ4v) is 2.66. The predicted octanol–water partition coefficient (Wildman–Crippen LogP) is 1.95. The number of aromatic nitrogens is 2. The van der Waals surface area contributed by atoms with E-state index < -0.39 is 0 Å². The minimum Gasteiger partial charge on any atom is -0.336 e. The lowest BCUT2D eigenvalue weighted by Crippen LogP contribution is -2.51. The molecule has 1 aliphatic rings. The van der Waals surface area contributed by atoms with Crippen molar-refractivity contribution in [2.45, 2.75) is 0 Å². The average Bonchev–Trinajstić information content (AvgIpc) is 3.07. The molecule has 1 saturated heterocycles. The van der Waals surface area contributed by atoms with Crippen LogP contribution >= 0.6 is 0 Å². The van der Waals surface area contributed by atoms with Crippen LogP contribution < -0.4 is 5.32 Å². The van der Waals surface area contributed by atoms with Gasteiger partial charge in [-0.15, -0.1) is 0 Å². The second kappa shape index (κ2) is 7.81. The highest BCUT2D eigenvalue weighted by molar-refractivity contribution is 5.92. The maximum absolute atomic E-state index is 12.9. The zero-order valence-electron chi connectivity index (χ0n) is 14.4. The Morgan fingerprint density at radius 1 is 1.12 bits per heavy atom. The van der Waals surface area contributed by atoms with Gasteiger partial charge in [-0.2, -0.15) is 5.10 Å². The van der Waals surface area contributed by atoms with E-state index in [1.807, 2.05) is 13.2 Å². The third-order valence-electron chi connectivity index (χ3n) is 4.12.